The van der Waals surface area contributed by atoms with Crippen LogP contribution in [0.2, 0.25) is 0 Å². The second-order valence-electron chi connectivity index (χ2n) is 5.49. The van der Waals surface area contributed by atoms with Crippen LogP contribution < -0.4 is 5.46 Å². The number of hydrogen-bond acceptors (Lipinski definition) is 3. The normalized spacial score (nSPS) is 21.8. The van der Waals surface area contributed by atoms with E-state index in [1.807, 2.05) is 12.1 Å². The third-order valence-electron chi connectivity index (χ3n) is 3.69. The lowest BCUT2D eigenvalue weighted by Gasteiger charge is -2.32. The Bertz CT molecular complexity index is 384. The maximum absolute atomic E-state index is 5.98. The standard InChI is InChI=1S/C13H19BO2S/c1-12(2)13(3,4)16-14(15-12)11-7-5-10(9-17)6-8-11/h5-8,17H,9H2,1-4H3. The molecule has 1 aliphatic rings. The van der Waals surface area contributed by atoms with E-state index in [1.165, 1.54) is 5.56 Å². The van der Waals surface area contributed by atoms with Crippen molar-refractivity contribution in [2.75, 3.05) is 0 Å². The van der Waals surface area contributed by atoms with Crippen LogP contribution in [0.4, 0.5) is 0 Å². The second-order valence-corrected chi connectivity index (χ2v) is 5.80. The van der Waals surface area contributed by atoms with Gasteiger partial charge in [0.15, 0.2) is 0 Å². The lowest BCUT2D eigenvalue weighted by atomic mass is 9.79. The highest BCUT2D eigenvalue weighted by Crippen LogP contribution is 2.36. The molecule has 0 aromatic heterocycles. The predicted octanol–water partition coefficient (Wildman–Crippen LogP) is 2.42. The highest BCUT2D eigenvalue weighted by Gasteiger charge is 2.51. The SMILES string of the molecule is CC1(C)OB(c2ccc(CS)cc2)OC1(C)C. The molecule has 1 saturated heterocycles. The molecule has 0 bridgehead atoms. The molecule has 0 N–H and O–H groups in total. The maximum Gasteiger partial charge on any atom is 0.494 e. The largest absolute Gasteiger partial charge is 0.494 e. The molecule has 1 fully saturated rings. The zero-order valence-electron chi connectivity index (χ0n) is 10.9. The number of hydrogen-bond donors (Lipinski definition) is 1. The fourth-order valence-electron chi connectivity index (χ4n) is 1.76. The van der Waals surface area contributed by atoms with Crippen molar-refractivity contribution < 1.29 is 9.31 Å². The molecule has 1 aromatic rings. The second kappa shape index (κ2) is 4.34. The molecule has 0 saturated carbocycles. The van der Waals surface area contributed by atoms with Crippen molar-refractivity contribution in [2.45, 2.75) is 44.6 Å². The van der Waals surface area contributed by atoms with Gasteiger partial charge in [-0.1, -0.05) is 24.3 Å². The van der Waals surface area contributed by atoms with Gasteiger partial charge in [0, 0.05) is 5.75 Å². The van der Waals surface area contributed by atoms with Crippen LogP contribution in [-0.4, -0.2) is 18.3 Å². The lowest BCUT2D eigenvalue weighted by molar-refractivity contribution is 0.00578. The molecule has 2 rings (SSSR count). The van der Waals surface area contributed by atoms with Crippen LogP contribution in [0.3, 0.4) is 0 Å². The minimum atomic E-state index is -0.278. The molecule has 1 aromatic carbocycles. The molecule has 1 heterocycles. The summed E-state index contributed by atoms with van der Waals surface area (Å²) in [7, 11) is -0.269. The van der Waals surface area contributed by atoms with Gasteiger partial charge >= 0.3 is 7.12 Å². The van der Waals surface area contributed by atoms with Gasteiger partial charge in [-0.15, -0.1) is 0 Å². The average Bonchev–Trinajstić information content (AvgIpc) is 2.48. The van der Waals surface area contributed by atoms with E-state index in [4.69, 9.17) is 9.31 Å². The molecule has 0 atom stereocenters. The lowest BCUT2D eigenvalue weighted by Crippen LogP contribution is -2.41. The summed E-state index contributed by atoms with van der Waals surface area (Å²) in [5.41, 5.74) is 1.71. The summed E-state index contributed by atoms with van der Waals surface area (Å²) in [6.07, 6.45) is 0. The van der Waals surface area contributed by atoms with E-state index >= 15 is 0 Å². The van der Waals surface area contributed by atoms with Gasteiger partial charge < -0.3 is 9.31 Å². The molecule has 0 spiro atoms. The summed E-state index contributed by atoms with van der Waals surface area (Å²) >= 11 is 4.25. The highest BCUT2D eigenvalue weighted by atomic mass is 32.1. The molecule has 92 valence electrons. The third kappa shape index (κ3) is 2.39. The van der Waals surface area contributed by atoms with E-state index in [2.05, 4.69) is 52.5 Å². The maximum atomic E-state index is 5.98. The van der Waals surface area contributed by atoms with E-state index in [9.17, 15) is 0 Å². The summed E-state index contributed by atoms with van der Waals surface area (Å²) in [4.78, 5) is 0. The van der Waals surface area contributed by atoms with Crippen LogP contribution in [0, 0.1) is 0 Å². The van der Waals surface area contributed by atoms with E-state index in [0.717, 1.165) is 11.2 Å². The number of thiol groups is 1. The van der Waals surface area contributed by atoms with Crippen molar-refractivity contribution >= 4 is 25.2 Å². The Labute approximate surface area is 109 Å². The number of benzene rings is 1. The summed E-state index contributed by atoms with van der Waals surface area (Å²) in [5.74, 6) is 0.754. The Morgan fingerprint density at radius 3 is 1.88 bits per heavy atom. The van der Waals surface area contributed by atoms with E-state index < -0.39 is 0 Å². The van der Waals surface area contributed by atoms with Crippen LogP contribution in [0.1, 0.15) is 33.3 Å². The molecule has 0 radical (unpaired) electrons. The van der Waals surface area contributed by atoms with E-state index in [0.29, 0.717) is 0 Å². The molecule has 2 nitrogen and oxygen atoms in total. The molecular weight excluding hydrogens is 231 g/mol. The fourth-order valence-corrected chi connectivity index (χ4v) is 1.97. The van der Waals surface area contributed by atoms with Gasteiger partial charge in [-0.2, -0.15) is 12.6 Å². The Kier molecular flexibility index (Phi) is 3.32. The summed E-state index contributed by atoms with van der Waals surface area (Å²) in [6, 6.07) is 8.22. The highest BCUT2D eigenvalue weighted by molar-refractivity contribution is 7.79. The Morgan fingerprint density at radius 1 is 1.00 bits per heavy atom. The van der Waals surface area contributed by atoms with Gasteiger partial charge in [-0.05, 0) is 38.7 Å². The minimum Gasteiger partial charge on any atom is -0.399 e. The first-order chi connectivity index (χ1) is 7.86. The Hall–Kier alpha value is -0.445. The van der Waals surface area contributed by atoms with Crippen molar-refractivity contribution in [3.05, 3.63) is 29.8 Å². The molecule has 17 heavy (non-hydrogen) atoms. The first kappa shape index (κ1) is 13.0. The summed E-state index contributed by atoms with van der Waals surface area (Å²) in [5, 5.41) is 0. The zero-order chi connectivity index (χ0) is 12.7. The van der Waals surface area contributed by atoms with Crippen molar-refractivity contribution in [3.8, 4) is 0 Å². The van der Waals surface area contributed by atoms with Crippen LogP contribution in [0.15, 0.2) is 24.3 Å². The van der Waals surface area contributed by atoms with Crippen LogP contribution >= 0.6 is 12.6 Å². The van der Waals surface area contributed by atoms with Gasteiger partial charge in [0.2, 0.25) is 0 Å². The fraction of sp³-hybridized carbons (Fsp3) is 0.538. The monoisotopic (exact) mass is 250 g/mol. The Morgan fingerprint density at radius 2 is 1.47 bits per heavy atom. The van der Waals surface area contributed by atoms with Crippen LogP contribution in [0.5, 0.6) is 0 Å². The van der Waals surface area contributed by atoms with Gasteiger partial charge in [-0.3, -0.25) is 0 Å². The molecule has 0 amide bonds. The molecule has 0 aliphatic carbocycles. The topological polar surface area (TPSA) is 18.5 Å². The van der Waals surface area contributed by atoms with Crippen molar-refractivity contribution in [1.82, 2.24) is 0 Å². The van der Waals surface area contributed by atoms with Crippen molar-refractivity contribution in [1.29, 1.82) is 0 Å². The number of rotatable bonds is 2. The summed E-state index contributed by atoms with van der Waals surface area (Å²) in [6.45, 7) is 8.26. The third-order valence-corrected chi connectivity index (χ3v) is 4.05. The quantitative estimate of drug-likeness (QED) is 0.642. The smallest absolute Gasteiger partial charge is 0.399 e. The molecule has 0 unspecified atom stereocenters. The molecule has 4 heteroatoms. The first-order valence-corrected chi connectivity index (χ1v) is 6.54. The molecular formula is C13H19BO2S. The zero-order valence-corrected chi connectivity index (χ0v) is 11.8. The predicted molar refractivity (Wildman–Crippen MR) is 74.8 cm³/mol. The minimum absolute atomic E-state index is 0.269. The van der Waals surface area contributed by atoms with E-state index in [-0.39, 0.29) is 18.3 Å². The van der Waals surface area contributed by atoms with Crippen LogP contribution in [-0.2, 0) is 15.1 Å². The van der Waals surface area contributed by atoms with Gasteiger partial charge in [0.25, 0.3) is 0 Å². The van der Waals surface area contributed by atoms with E-state index in [1.54, 1.807) is 0 Å². The Balaban J connectivity index is 2.20. The van der Waals surface area contributed by atoms with Crippen molar-refractivity contribution in [2.24, 2.45) is 0 Å². The first-order valence-electron chi connectivity index (χ1n) is 5.91. The van der Waals surface area contributed by atoms with Gasteiger partial charge in [-0.25, -0.2) is 0 Å². The van der Waals surface area contributed by atoms with Crippen LogP contribution in [0.25, 0.3) is 0 Å². The van der Waals surface area contributed by atoms with Crippen molar-refractivity contribution in [3.63, 3.8) is 0 Å². The van der Waals surface area contributed by atoms with Gasteiger partial charge in [0.1, 0.15) is 0 Å². The summed E-state index contributed by atoms with van der Waals surface area (Å²) < 4.78 is 12.0. The molecule has 1 aliphatic heterocycles. The average molecular weight is 250 g/mol. The van der Waals surface area contributed by atoms with Gasteiger partial charge in [0.05, 0.1) is 11.2 Å².